The van der Waals surface area contributed by atoms with Gasteiger partial charge in [0.1, 0.15) is 23.9 Å². The molecular weight excluding hydrogens is 396 g/mol. The maximum Gasteiger partial charge on any atom is 0.349 e. The number of fused-ring (bicyclic) bond motifs is 1. The number of methoxy groups -OCH3 is 1. The lowest BCUT2D eigenvalue weighted by atomic mass is 10.1. The van der Waals surface area contributed by atoms with Crippen molar-refractivity contribution in [3.05, 3.63) is 74.6 Å². The van der Waals surface area contributed by atoms with Gasteiger partial charge in [0.05, 0.1) is 12.3 Å². The van der Waals surface area contributed by atoms with E-state index in [1.54, 1.807) is 19.4 Å². The third kappa shape index (κ3) is 4.73. The number of nitrogens with zero attached hydrogens (tertiary/aromatic N) is 4. The quantitative estimate of drug-likeness (QED) is 0.331. The second kappa shape index (κ2) is 9.41. The van der Waals surface area contributed by atoms with E-state index in [1.165, 1.54) is 16.5 Å². The van der Waals surface area contributed by atoms with Crippen LogP contribution in [0.2, 0.25) is 0 Å². The molecule has 0 bridgehead atoms. The Morgan fingerprint density at radius 1 is 1.29 bits per heavy atom. The zero-order valence-corrected chi connectivity index (χ0v) is 18.0. The molecule has 3 rings (SSSR count). The van der Waals surface area contributed by atoms with Crippen molar-refractivity contribution >= 4 is 17.7 Å². The van der Waals surface area contributed by atoms with E-state index >= 15 is 0 Å². The molecule has 8 heteroatoms. The molecular formula is C23H24N4O4. The van der Waals surface area contributed by atoms with E-state index in [2.05, 4.69) is 9.55 Å². The van der Waals surface area contributed by atoms with Crippen LogP contribution in [0.25, 0.3) is 11.7 Å². The first kappa shape index (κ1) is 22.0. The van der Waals surface area contributed by atoms with E-state index in [9.17, 15) is 14.9 Å². The fourth-order valence-corrected chi connectivity index (χ4v) is 3.39. The first-order valence-electron chi connectivity index (χ1n) is 9.78. The molecule has 0 amide bonds. The summed E-state index contributed by atoms with van der Waals surface area (Å²) in [6, 6.07) is 8.74. The molecule has 0 aliphatic carbocycles. The van der Waals surface area contributed by atoms with Gasteiger partial charge in [0.2, 0.25) is 0 Å². The summed E-state index contributed by atoms with van der Waals surface area (Å²) in [4.78, 5) is 29.2. The molecule has 0 fully saturated rings. The molecule has 0 aliphatic rings. The van der Waals surface area contributed by atoms with E-state index in [-0.39, 0.29) is 17.7 Å². The summed E-state index contributed by atoms with van der Waals surface area (Å²) >= 11 is 0. The monoisotopic (exact) mass is 420 g/mol. The molecule has 0 atom stereocenters. The van der Waals surface area contributed by atoms with Gasteiger partial charge in [0.25, 0.3) is 5.56 Å². The molecule has 3 aromatic heterocycles. The van der Waals surface area contributed by atoms with Crippen LogP contribution in [-0.4, -0.2) is 33.6 Å². The van der Waals surface area contributed by atoms with E-state index in [4.69, 9.17) is 9.47 Å². The molecule has 8 nitrogen and oxygen atoms in total. The highest BCUT2D eigenvalue weighted by Gasteiger charge is 2.15. The second-order valence-corrected chi connectivity index (χ2v) is 7.19. The van der Waals surface area contributed by atoms with Gasteiger partial charge in [0, 0.05) is 37.3 Å². The number of carbonyl (C=O) groups is 1. The molecule has 3 aromatic rings. The Labute approximate surface area is 180 Å². The third-order valence-electron chi connectivity index (χ3n) is 5.06. The number of aryl methyl sites for hydroxylation is 2. The van der Waals surface area contributed by atoms with E-state index in [1.807, 2.05) is 39.0 Å². The lowest BCUT2D eigenvalue weighted by molar-refractivity contribution is -0.139. The summed E-state index contributed by atoms with van der Waals surface area (Å²) in [6.07, 6.45) is 3.15. The lowest BCUT2D eigenvalue weighted by Gasteiger charge is -2.08. The van der Waals surface area contributed by atoms with Gasteiger partial charge in [-0.05, 0) is 50.1 Å². The number of hydrogen-bond acceptors (Lipinski definition) is 6. The van der Waals surface area contributed by atoms with Crippen LogP contribution in [0.5, 0.6) is 0 Å². The molecule has 0 aliphatic heterocycles. The van der Waals surface area contributed by atoms with Crippen LogP contribution < -0.4 is 5.56 Å². The molecule has 0 saturated heterocycles. The van der Waals surface area contributed by atoms with Crippen molar-refractivity contribution in [1.82, 2.24) is 14.0 Å². The van der Waals surface area contributed by atoms with Crippen molar-refractivity contribution in [3.63, 3.8) is 0 Å². The van der Waals surface area contributed by atoms with Crippen LogP contribution in [0.15, 0.2) is 40.8 Å². The van der Waals surface area contributed by atoms with Crippen LogP contribution >= 0.6 is 0 Å². The van der Waals surface area contributed by atoms with Crippen molar-refractivity contribution in [2.45, 2.75) is 33.9 Å². The molecule has 160 valence electrons. The van der Waals surface area contributed by atoms with Crippen LogP contribution in [0.4, 0.5) is 0 Å². The Morgan fingerprint density at radius 3 is 2.77 bits per heavy atom. The average molecular weight is 420 g/mol. The fourth-order valence-electron chi connectivity index (χ4n) is 3.39. The van der Waals surface area contributed by atoms with Gasteiger partial charge >= 0.3 is 5.97 Å². The maximum absolute atomic E-state index is 12.5. The summed E-state index contributed by atoms with van der Waals surface area (Å²) in [7, 11) is 1.64. The largest absolute Gasteiger partial charge is 0.455 e. The first-order chi connectivity index (χ1) is 14.8. The van der Waals surface area contributed by atoms with Gasteiger partial charge in [0.15, 0.2) is 0 Å². The minimum absolute atomic E-state index is 0.124. The highest BCUT2D eigenvalue weighted by atomic mass is 16.5. The summed E-state index contributed by atoms with van der Waals surface area (Å²) < 4.78 is 13.9. The molecule has 0 saturated carbocycles. The SMILES string of the molecule is COCCn1c(C)cc(/C=C(\C#N)C(=O)OCc2cc(=O)n3cccc(C)c3n2)c1C. The summed E-state index contributed by atoms with van der Waals surface area (Å²) in [5.41, 5.74) is 3.95. The van der Waals surface area contributed by atoms with E-state index in [0.717, 1.165) is 22.5 Å². The Balaban J connectivity index is 1.80. The fraction of sp³-hybridized carbons (Fsp3) is 0.304. The Morgan fingerprint density at radius 2 is 2.06 bits per heavy atom. The zero-order valence-electron chi connectivity index (χ0n) is 18.0. The standard InChI is InChI=1S/C23H24N4O4/c1-15-6-5-7-27-21(28)12-20(25-22(15)27)14-31-23(29)19(13-24)11-18-10-16(2)26(17(18)3)8-9-30-4/h5-7,10-12H,8-9,14H2,1-4H3/b19-11+. The van der Waals surface area contributed by atoms with E-state index < -0.39 is 5.97 Å². The highest BCUT2D eigenvalue weighted by molar-refractivity contribution is 5.98. The van der Waals surface area contributed by atoms with E-state index in [0.29, 0.717) is 24.5 Å². The predicted octanol–water partition coefficient (Wildman–Crippen LogP) is 2.72. The zero-order chi connectivity index (χ0) is 22.5. The highest BCUT2D eigenvalue weighted by Crippen LogP contribution is 2.19. The number of hydrogen-bond donors (Lipinski definition) is 0. The lowest BCUT2D eigenvalue weighted by Crippen LogP contribution is -2.17. The average Bonchev–Trinajstić information content (AvgIpc) is 3.01. The number of aromatic nitrogens is 3. The predicted molar refractivity (Wildman–Crippen MR) is 115 cm³/mol. The molecule has 0 radical (unpaired) electrons. The van der Waals surface area contributed by atoms with Crippen molar-refractivity contribution in [2.24, 2.45) is 0 Å². The normalized spacial score (nSPS) is 11.5. The minimum atomic E-state index is -0.768. The Kier molecular flexibility index (Phi) is 6.68. The molecule has 0 N–H and O–H groups in total. The number of nitriles is 1. The first-order valence-corrected chi connectivity index (χ1v) is 9.78. The van der Waals surface area contributed by atoms with Crippen LogP contribution in [0.1, 0.15) is 28.2 Å². The number of pyridine rings is 1. The molecule has 0 spiro atoms. The second-order valence-electron chi connectivity index (χ2n) is 7.19. The van der Waals surface area contributed by atoms with Crippen molar-refractivity contribution in [1.29, 1.82) is 5.26 Å². The van der Waals surface area contributed by atoms with Gasteiger partial charge in [-0.3, -0.25) is 9.20 Å². The minimum Gasteiger partial charge on any atom is -0.455 e. The third-order valence-corrected chi connectivity index (χ3v) is 5.06. The van der Waals surface area contributed by atoms with Gasteiger partial charge in [-0.2, -0.15) is 5.26 Å². The smallest absolute Gasteiger partial charge is 0.349 e. The Bertz CT molecular complexity index is 1260. The summed E-state index contributed by atoms with van der Waals surface area (Å²) in [6.45, 7) is 6.75. The number of carbonyl (C=O) groups excluding carboxylic acids is 1. The summed E-state index contributed by atoms with van der Waals surface area (Å²) in [5, 5.41) is 9.47. The number of esters is 1. The topological polar surface area (TPSA) is 98.6 Å². The van der Waals surface area contributed by atoms with Crippen molar-refractivity contribution in [2.75, 3.05) is 13.7 Å². The molecule has 0 unspecified atom stereocenters. The number of ether oxygens (including phenoxy) is 2. The molecule has 0 aromatic carbocycles. The van der Waals surface area contributed by atoms with Gasteiger partial charge < -0.3 is 14.0 Å². The molecule has 3 heterocycles. The van der Waals surface area contributed by atoms with Gasteiger partial charge in [-0.15, -0.1) is 0 Å². The number of rotatable bonds is 7. The Hall–Kier alpha value is -3.70. The maximum atomic E-state index is 12.5. The van der Waals surface area contributed by atoms with Crippen LogP contribution in [0.3, 0.4) is 0 Å². The van der Waals surface area contributed by atoms with Gasteiger partial charge in [-0.25, -0.2) is 9.78 Å². The van der Waals surface area contributed by atoms with Crippen molar-refractivity contribution in [3.8, 4) is 6.07 Å². The van der Waals surface area contributed by atoms with Crippen LogP contribution in [0, 0.1) is 32.1 Å². The molecule has 31 heavy (non-hydrogen) atoms. The van der Waals surface area contributed by atoms with Gasteiger partial charge in [-0.1, -0.05) is 6.07 Å². The van der Waals surface area contributed by atoms with Crippen molar-refractivity contribution < 1.29 is 14.3 Å². The van der Waals surface area contributed by atoms with Crippen LogP contribution in [-0.2, 0) is 27.4 Å². The summed E-state index contributed by atoms with van der Waals surface area (Å²) in [5.74, 6) is -0.768.